The Labute approximate surface area is 732 Å². The first kappa shape index (κ1) is 94.4. The van der Waals surface area contributed by atoms with Crippen LogP contribution in [-0.2, 0) is 32.5 Å². The quantitative estimate of drug-likeness (QED) is 0.122. The number of hydrogen-bond donors (Lipinski definition) is 0. The molecule has 3 aliphatic carbocycles. The van der Waals surface area contributed by atoms with Crippen molar-refractivity contribution in [3.63, 3.8) is 0 Å². The number of halogens is 5. The van der Waals surface area contributed by atoms with E-state index in [0.717, 1.165) is 28.5 Å². The van der Waals surface area contributed by atoms with Gasteiger partial charge < -0.3 is 0 Å². The summed E-state index contributed by atoms with van der Waals surface area (Å²) in [5, 5.41) is 9.84. The molecule has 0 amide bonds. The normalized spacial score (nSPS) is 16.3. The molecule has 3 fully saturated rings. The van der Waals surface area contributed by atoms with Crippen molar-refractivity contribution in [3.8, 4) is 11.1 Å². The Morgan fingerprint density at radius 1 is 0.364 bits per heavy atom. The molecule has 10 aromatic carbocycles. The van der Waals surface area contributed by atoms with Gasteiger partial charge in [-0.25, -0.2) is 8.78 Å². The van der Waals surface area contributed by atoms with Crippen LogP contribution in [-0.4, -0.2) is 51.3 Å². The summed E-state index contributed by atoms with van der Waals surface area (Å²) in [5.74, 6) is -0.717. The van der Waals surface area contributed by atoms with Gasteiger partial charge in [-0.1, -0.05) is 225 Å². The summed E-state index contributed by atoms with van der Waals surface area (Å²) in [4.78, 5) is 4.05. The van der Waals surface area contributed by atoms with Gasteiger partial charge in [0, 0.05) is 22.4 Å². The molecule has 0 bridgehead atoms. The van der Waals surface area contributed by atoms with Gasteiger partial charge in [-0.05, 0) is 223 Å². The average molecular weight is 1840 g/mol. The fourth-order valence-electron chi connectivity index (χ4n) is 19.6. The molecule has 118 heavy (non-hydrogen) atoms. The van der Waals surface area contributed by atoms with E-state index in [9.17, 15) is 22.0 Å². The van der Waals surface area contributed by atoms with Gasteiger partial charge in [0.25, 0.3) is 0 Å². The molecule has 0 saturated heterocycles. The van der Waals surface area contributed by atoms with Crippen LogP contribution in [0.15, 0.2) is 158 Å². The van der Waals surface area contributed by atoms with Gasteiger partial charge >= 0.3 is 241 Å². The van der Waals surface area contributed by atoms with E-state index < -0.39 is 51.3 Å². The second kappa shape index (κ2) is 36.9. The van der Waals surface area contributed by atoms with Crippen LogP contribution in [0.25, 0.3) is 53.5 Å². The topological polar surface area (TPSA) is 0 Å². The van der Waals surface area contributed by atoms with E-state index in [-0.39, 0.29) is 51.2 Å². The van der Waals surface area contributed by atoms with E-state index in [0.29, 0.717) is 21.9 Å². The Balaban J connectivity index is 0.000000150. The molecule has 0 atom stereocenters. The molecular weight excluding hydrogens is 1700 g/mol. The Kier molecular flexibility index (Phi) is 29.6. The van der Waals surface area contributed by atoms with Crippen molar-refractivity contribution < 1.29 is 22.0 Å². The Morgan fingerprint density at radius 3 is 1.13 bits per heavy atom. The zero-order chi connectivity index (χ0) is 87.1. The molecule has 15 rings (SSSR count). The number of fused-ring (bicyclic) bond motifs is 7. The van der Waals surface area contributed by atoms with E-state index in [4.69, 9.17) is 0 Å². The van der Waals surface area contributed by atoms with Crippen molar-refractivity contribution in [2.45, 2.75) is 343 Å². The van der Waals surface area contributed by atoms with Crippen LogP contribution in [0.2, 0.25) is 4.87 Å². The minimum absolute atomic E-state index is 0.0186. The van der Waals surface area contributed by atoms with Crippen molar-refractivity contribution >= 4 is 106 Å². The summed E-state index contributed by atoms with van der Waals surface area (Å²) < 4.78 is 65.7. The summed E-state index contributed by atoms with van der Waals surface area (Å²) >= 11 is -1.70. The van der Waals surface area contributed by atoms with Crippen LogP contribution < -0.4 is 10.6 Å². The summed E-state index contributed by atoms with van der Waals surface area (Å²) in [6.07, 6.45) is 13.6. The minimum atomic E-state index is -4.01. The third-order valence-electron chi connectivity index (χ3n) is 26.1. The number of alkyl halides is 5. The number of hydrogen-bond acceptors (Lipinski definition) is 1. The van der Waals surface area contributed by atoms with Crippen molar-refractivity contribution in [2.75, 3.05) is 0 Å². The fraction of sp³-hybridized carbons (Fsp3) is 0.491. The van der Waals surface area contributed by atoms with Gasteiger partial charge in [0.05, 0.1) is 0 Å². The first-order chi connectivity index (χ1) is 54.7. The summed E-state index contributed by atoms with van der Waals surface area (Å²) in [5.41, 5.74) is 26.7. The molecule has 0 spiro atoms. The first-order valence-electron chi connectivity index (χ1n) is 44.0. The van der Waals surface area contributed by atoms with Crippen LogP contribution in [0, 0.1) is 60.8 Å². The third-order valence-corrected chi connectivity index (χ3v) is 36.2. The molecule has 1 aromatic heterocycles. The van der Waals surface area contributed by atoms with Crippen LogP contribution >= 0.6 is 11.3 Å². The molecule has 1 aliphatic heterocycles. The van der Waals surface area contributed by atoms with Crippen molar-refractivity contribution in [1.29, 1.82) is 0 Å². The van der Waals surface area contributed by atoms with Gasteiger partial charge in [-0.15, -0.1) is 11.3 Å². The first-order valence-corrected chi connectivity index (χ1v) is 52.2. The molecule has 634 valence electrons. The van der Waals surface area contributed by atoms with Gasteiger partial charge in [0.15, 0.2) is 0 Å². The molecule has 0 radical (unpaired) electrons. The third kappa shape index (κ3) is 22.4. The van der Waals surface area contributed by atoms with Gasteiger partial charge in [-0.2, -0.15) is 0 Å². The number of thiophene rings is 1. The van der Waals surface area contributed by atoms with E-state index in [1.54, 1.807) is 41.4 Å². The molecule has 0 N–H and O–H groups in total. The Hall–Kier alpha value is -5.80. The van der Waals surface area contributed by atoms with Crippen LogP contribution in [0.1, 0.15) is 334 Å². The summed E-state index contributed by atoms with van der Waals surface area (Å²) in [7, 11) is 0. The summed E-state index contributed by atoms with van der Waals surface area (Å²) in [6, 6.07) is 57.5. The average Bonchev–Trinajstić information content (AvgIpc) is 1.53. The zero-order valence-electron chi connectivity index (χ0n) is 77.6. The molecule has 3 saturated carbocycles. The molecule has 11 aromatic rings. The Bertz CT molecular complexity index is 5210. The fourth-order valence-corrected chi connectivity index (χ4v) is 30.0. The van der Waals surface area contributed by atoms with Gasteiger partial charge in [0.2, 0.25) is 5.92 Å². The number of rotatable bonds is 4. The number of benzene rings is 10. The van der Waals surface area contributed by atoms with Crippen LogP contribution in [0.5, 0.6) is 0 Å². The molecule has 0 nitrogen and oxygen atoms in total. The van der Waals surface area contributed by atoms with E-state index in [1.807, 2.05) is 46.0 Å². The predicted molar refractivity (Wildman–Crippen MR) is 511 cm³/mol. The van der Waals surface area contributed by atoms with Crippen molar-refractivity contribution in [1.82, 2.24) is 0 Å². The number of aryl methyl sites for hydroxylation is 6. The predicted octanol–water partition coefficient (Wildman–Crippen LogP) is 32.1. The van der Waals surface area contributed by atoms with E-state index in [2.05, 4.69) is 310 Å². The molecule has 2 heterocycles. The van der Waals surface area contributed by atoms with Gasteiger partial charge in [0.1, 0.15) is 0 Å². The SMILES string of the molecule is Cc1c(C(C)(C)C)cc(C2CCC(C)(C)CC2)c2ccccc12.Cc1c(C(C)(C)C)cc(C2CCC(F)(F)CC2)c2ccccc12.Cc1c(C(C)(C)C)cc(C2CCCCC2)c2ccccc12.Cc1c(C(C)(C)C)sc2ccccc12.Cc1cc([Te]C(F)(F)F)cc(C(C)(C)C)c1C.Cc1cc2[c](c(C(C)(C)C)c1C)[Sb]([CH3])[c]1ccccc1-2. The maximum absolute atomic E-state index is 13.5. The van der Waals surface area contributed by atoms with Crippen molar-refractivity contribution in [2.24, 2.45) is 5.41 Å². The van der Waals surface area contributed by atoms with Crippen molar-refractivity contribution in [3.05, 3.63) is 252 Å². The zero-order valence-corrected chi connectivity index (χ0v) is 83.3. The molecule has 0 unspecified atom stereocenters. The van der Waals surface area contributed by atoms with Gasteiger partial charge in [-0.3, -0.25) is 0 Å². The second-order valence-corrected chi connectivity index (χ2v) is 52.3. The van der Waals surface area contributed by atoms with E-state index in [1.165, 1.54) is 166 Å². The standard InChI is InChI=1S/C23H32.C21H26F2.C21H28.C18H20.C13H17F3Te.C13H16S.CH3.Sb/c1-16-18-9-7-8-10-19(18)20(15-21(16)22(2,3)4)17-11-13-23(5,6)14-12-17;1-14-16-7-5-6-8-17(16)18(13-19(14)20(2,3)4)15-9-11-21(22,23)12-10-15;1-15-17-12-8-9-13-18(17)19(14-20(15)21(2,3)4)16-10-6-5-7-11-16;1-13-11-16(15-9-7-6-8-10-15)12-17(14(13)2)18(3,4)5;1-8-6-10(17-13(14,15)16)7-11(9(8)2)12(3,4)5;1-9-10-7-5-6-8-11(10)14-12(9)13(2,3)4;;/h7-10,15,17H,11-14H2,1-6H3;5-8,13,15H,9-12H2,1-4H3;8-9,12-14,16H,5-7,10-11H2,1-4H3;6-9,11H,1-5H3;6-7H,1-5H3;5-8H,1-4H3;1H3;. The second-order valence-electron chi connectivity index (χ2n) is 42.1. The summed E-state index contributed by atoms with van der Waals surface area (Å²) in [6.45, 7) is 63.1. The Morgan fingerprint density at radius 2 is 0.729 bits per heavy atom. The molecule has 8 heteroatoms. The molecule has 4 aliphatic rings. The van der Waals surface area contributed by atoms with Crippen LogP contribution in [0.4, 0.5) is 22.0 Å². The monoisotopic (exact) mass is 1840 g/mol. The maximum atomic E-state index is 13.5. The van der Waals surface area contributed by atoms with Crippen LogP contribution in [0.3, 0.4) is 0 Å². The van der Waals surface area contributed by atoms with E-state index >= 15 is 0 Å². The molecular formula is C110H142F5SSbTe.